The van der Waals surface area contributed by atoms with Crippen LogP contribution in [0.15, 0.2) is 6.20 Å². The Bertz CT molecular complexity index is 378. The minimum Gasteiger partial charge on any atom is -0.390 e. The largest absolute Gasteiger partial charge is 0.390 e. The Morgan fingerprint density at radius 1 is 2.11 bits per heavy atom. The lowest BCUT2D eigenvalue weighted by Crippen LogP contribution is -1.93. The van der Waals surface area contributed by atoms with Crippen LogP contribution in [0.4, 0.5) is 0 Å². The zero-order chi connectivity index (χ0) is 12.8. The smallest absolute Gasteiger partial charge is 0.108 e. The molecule has 4 heteroatoms. The quantitative estimate of drug-likeness (QED) is 0.609. The van der Waals surface area contributed by atoms with Gasteiger partial charge in [0, 0.05) is 10.6 Å². The van der Waals surface area contributed by atoms with Crippen molar-refractivity contribution >= 4 is 0 Å². The van der Waals surface area contributed by atoms with Gasteiger partial charge in [0.05, 0.1) is 18.2 Å². The Labute approximate surface area is 63.0 Å². The summed E-state index contributed by atoms with van der Waals surface area (Å²) < 4.78 is 49.6. The third kappa shape index (κ3) is 1.26. The Hall–Kier alpha value is -0.900. The number of aryl methyl sites for hydroxylation is 1. The van der Waals surface area contributed by atoms with E-state index in [-0.39, 0.29) is 0 Å². The molecule has 50 valence electrons. The average molecular weight is 134 g/mol. The van der Waals surface area contributed by atoms with Crippen LogP contribution in [0.25, 0.3) is 0 Å². The van der Waals surface area contributed by atoms with Gasteiger partial charge in [0.1, 0.15) is 5.69 Å². The first-order valence-corrected chi connectivity index (χ1v) is 2.12. The maximum absolute atomic E-state index is 8.93. The Balaban J connectivity index is 3.13. The standard InChI is InChI=1S/C5H9N3O/c1-2-8-3-5(4-9)6-7-8/h3,9H,2,4H2,1H3/i1D3,2D2,4D2. The molecule has 1 aromatic heterocycles. The van der Waals surface area contributed by atoms with Crippen LogP contribution < -0.4 is 0 Å². The topological polar surface area (TPSA) is 50.9 Å². The third-order valence-electron chi connectivity index (χ3n) is 0.722. The van der Waals surface area contributed by atoms with E-state index in [0.717, 1.165) is 0 Å². The molecule has 0 aliphatic rings. The molecule has 0 radical (unpaired) electrons. The maximum atomic E-state index is 8.93. The molecular formula is C5H9N3O. The van der Waals surface area contributed by atoms with Crippen LogP contribution in [-0.4, -0.2) is 20.1 Å². The van der Waals surface area contributed by atoms with Crippen LogP contribution in [0, 0.1) is 0 Å². The van der Waals surface area contributed by atoms with Gasteiger partial charge in [-0.3, -0.25) is 4.68 Å². The zero-order valence-electron chi connectivity index (χ0n) is 11.4. The highest BCUT2D eigenvalue weighted by Gasteiger charge is 1.93. The van der Waals surface area contributed by atoms with Gasteiger partial charge in [-0.25, -0.2) is 0 Å². The number of hydrogen-bond acceptors (Lipinski definition) is 3. The van der Waals surface area contributed by atoms with Gasteiger partial charge in [-0.1, -0.05) is 5.21 Å². The number of rotatable bonds is 2. The third-order valence-corrected chi connectivity index (χ3v) is 0.722. The molecule has 0 bridgehead atoms. The van der Waals surface area contributed by atoms with Crippen LogP contribution in [0.3, 0.4) is 0 Å². The Morgan fingerprint density at radius 3 is 3.56 bits per heavy atom. The highest BCUT2D eigenvalue weighted by Crippen LogP contribution is 1.90. The summed E-state index contributed by atoms with van der Waals surface area (Å²) in [5.74, 6) is 0. The minimum atomic E-state index is -2.97. The second-order valence-electron chi connectivity index (χ2n) is 1.27. The lowest BCUT2D eigenvalue weighted by molar-refractivity contribution is 0.276. The summed E-state index contributed by atoms with van der Waals surface area (Å²) in [6.45, 7) is -8.58. The highest BCUT2D eigenvalue weighted by molar-refractivity contribution is 4.88. The summed E-state index contributed by atoms with van der Waals surface area (Å²) in [4.78, 5) is 0. The molecule has 0 spiro atoms. The Morgan fingerprint density at radius 2 is 3.00 bits per heavy atom. The first-order valence-electron chi connectivity index (χ1n) is 5.62. The predicted octanol–water partition coefficient (Wildman–Crippen LogP) is -0.210. The second kappa shape index (κ2) is 2.59. The lowest BCUT2D eigenvalue weighted by atomic mass is 10.5. The molecule has 0 saturated heterocycles. The molecule has 1 aromatic rings. The molecule has 0 saturated carbocycles. The van der Waals surface area contributed by atoms with Gasteiger partial charge in [0.2, 0.25) is 0 Å². The molecule has 1 rings (SSSR count). The zero-order valence-corrected chi connectivity index (χ0v) is 4.37. The van der Waals surface area contributed by atoms with Gasteiger partial charge >= 0.3 is 0 Å². The fourth-order valence-electron chi connectivity index (χ4n) is 0.370. The van der Waals surface area contributed by atoms with E-state index in [4.69, 9.17) is 14.7 Å². The van der Waals surface area contributed by atoms with Crippen molar-refractivity contribution in [2.75, 3.05) is 0 Å². The van der Waals surface area contributed by atoms with E-state index in [1.54, 1.807) is 0 Å². The van der Waals surface area contributed by atoms with E-state index in [0.29, 0.717) is 10.9 Å². The Kier molecular flexibility index (Phi) is 0.515. The molecule has 0 aromatic carbocycles. The molecule has 0 fully saturated rings. The van der Waals surface area contributed by atoms with Crippen molar-refractivity contribution in [2.45, 2.75) is 19.9 Å². The van der Waals surface area contributed by atoms with Gasteiger partial charge in [0.15, 0.2) is 0 Å². The minimum absolute atomic E-state index is 0.364. The van der Waals surface area contributed by atoms with Crippen LogP contribution in [-0.2, 0) is 13.1 Å². The number of nitrogens with zero attached hydrogens (tertiary/aromatic N) is 3. The normalized spacial score (nSPS) is 26.1. The summed E-state index contributed by atoms with van der Waals surface area (Å²) in [5, 5.41) is 15.2. The van der Waals surface area contributed by atoms with E-state index in [1.165, 1.54) is 0 Å². The van der Waals surface area contributed by atoms with Gasteiger partial charge in [0.25, 0.3) is 0 Å². The van der Waals surface area contributed by atoms with E-state index in [1.807, 2.05) is 0 Å². The predicted molar refractivity (Wildman–Crippen MR) is 31.6 cm³/mol. The van der Waals surface area contributed by atoms with Crippen LogP contribution in [0.2, 0.25) is 0 Å². The molecule has 0 aliphatic carbocycles. The highest BCUT2D eigenvalue weighted by atomic mass is 16.3. The fraction of sp³-hybridized carbons (Fsp3) is 0.600. The molecule has 0 atom stereocenters. The first-order chi connectivity index (χ1) is 6.96. The molecular weight excluding hydrogens is 118 g/mol. The van der Waals surface area contributed by atoms with Crippen molar-refractivity contribution in [3.63, 3.8) is 0 Å². The lowest BCUT2D eigenvalue weighted by Gasteiger charge is -1.86. The fourth-order valence-corrected chi connectivity index (χ4v) is 0.370. The van der Waals surface area contributed by atoms with Crippen molar-refractivity contribution in [3.05, 3.63) is 11.9 Å². The maximum Gasteiger partial charge on any atom is 0.108 e. The molecule has 1 heterocycles. The van der Waals surface area contributed by atoms with E-state index in [9.17, 15) is 0 Å². The molecule has 0 unspecified atom stereocenters. The van der Waals surface area contributed by atoms with Crippen molar-refractivity contribution in [3.8, 4) is 0 Å². The van der Waals surface area contributed by atoms with Crippen LogP contribution in [0.1, 0.15) is 22.1 Å². The molecule has 4 nitrogen and oxygen atoms in total. The molecule has 9 heavy (non-hydrogen) atoms. The van der Waals surface area contributed by atoms with Crippen molar-refractivity contribution in [2.24, 2.45) is 0 Å². The molecule has 1 N–H and O–H groups in total. The SMILES string of the molecule is [2H]C([2H])(O)c1cn(C([2H])([2H])C([2H])([2H])[2H])nn1. The summed E-state index contributed by atoms with van der Waals surface area (Å²) in [6, 6.07) is 0. The van der Waals surface area contributed by atoms with E-state index in [2.05, 4.69) is 10.3 Å². The summed E-state index contributed by atoms with van der Waals surface area (Å²) >= 11 is 0. The number of hydrogen-bond donors (Lipinski definition) is 1. The van der Waals surface area contributed by atoms with Crippen LogP contribution in [0.5, 0.6) is 0 Å². The summed E-state index contributed by atoms with van der Waals surface area (Å²) in [6.07, 6.45) is 0.715. The monoisotopic (exact) mass is 134 g/mol. The van der Waals surface area contributed by atoms with Crippen molar-refractivity contribution in [1.29, 1.82) is 0 Å². The van der Waals surface area contributed by atoms with Crippen molar-refractivity contribution < 1.29 is 14.7 Å². The summed E-state index contributed by atoms with van der Waals surface area (Å²) in [7, 11) is 0. The second-order valence-corrected chi connectivity index (χ2v) is 1.27. The van der Waals surface area contributed by atoms with E-state index >= 15 is 0 Å². The van der Waals surface area contributed by atoms with Gasteiger partial charge in [-0.15, -0.1) is 5.10 Å². The first kappa shape index (κ1) is 1.79. The number of aliphatic hydroxyl groups is 1. The number of aromatic nitrogens is 3. The summed E-state index contributed by atoms with van der Waals surface area (Å²) in [5.41, 5.74) is -0.555. The molecule has 0 aliphatic heterocycles. The van der Waals surface area contributed by atoms with Gasteiger partial charge in [-0.05, 0) is 6.85 Å². The van der Waals surface area contributed by atoms with Gasteiger partial charge < -0.3 is 5.11 Å². The average Bonchev–Trinajstić information content (AvgIpc) is 2.47. The van der Waals surface area contributed by atoms with E-state index < -0.39 is 25.6 Å². The van der Waals surface area contributed by atoms with Crippen LogP contribution >= 0.6 is 0 Å². The molecule has 0 amide bonds. The van der Waals surface area contributed by atoms with Gasteiger partial charge in [-0.2, -0.15) is 0 Å². The van der Waals surface area contributed by atoms with Crippen molar-refractivity contribution in [1.82, 2.24) is 15.0 Å².